The van der Waals surface area contributed by atoms with E-state index in [4.69, 9.17) is 0 Å². The number of alkyl halides is 3. The van der Waals surface area contributed by atoms with Gasteiger partial charge in [0.05, 0.1) is 41.3 Å². The third kappa shape index (κ3) is 4.14. The molecule has 0 aliphatic carbocycles. The summed E-state index contributed by atoms with van der Waals surface area (Å²) in [6, 6.07) is 10.2. The molecule has 4 aromatic rings. The number of nitrogens with one attached hydrogen (secondary N) is 1. The Morgan fingerprint density at radius 3 is 2.55 bits per heavy atom. The fourth-order valence-electron chi connectivity index (χ4n) is 3.25. The second-order valence-electron chi connectivity index (χ2n) is 7.30. The van der Waals surface area contributed by atoms with Crippen LogP contribution in [-0.2, 0) is 12.7 Å². The lowest BCUT2D eigenvalue weighted by Gasteiger charge is -2.08. The first-order valence-corrected chi connectivity index (χ1v) is 9.57. The highest BCUT2D eigenvalue weighted by Crippen LogP contribution is 2.29. The molecule has 0 radical (unpaired) electrons. The van der Waals surface area contributed by atoms with E-state index < -0.39 is 11.7 Å². The molecule has 31 heavy (non-hydrogen) atoms. The van der Waals surface area contributed by atoms with Gasteiger partial charge in [0.25, 0.3) is 5.91 Å². The van der Waals surface area contributed by atoms with E-state index in [9.17, 15) is 18.0 Å². The summed E-state index contributed by atoms with van der Waals surface area (Å²) in [5.41, 5.74) is 1.54. The van der Waals surface area contributed by atoms with Gasteiger partial charge in [-0.15, -0.1) is 5.10 Å². The van der Waals surface area contributed by atoms with Crippen LogP contribution in [0.15, 0.2) is 54.9 Å². The van der Waals surface area contributed by atoms with E-state index in [1.165, 1.54) is 16.8 Å². The zero-order chi connectivity index (χ0) is 22.2. The first-order chi connectivity index (χ1) is 14.7. The molecule has 2 aromatic heterocycles. The van der Waals surface area contributed by atoms with E-state index in [0.717, 1.165) is 23.0 Å². The van der Waals surface area contributed by atoms with Crippen molar-refractivity contribution in [1.29, 1.82) is 0 Å². The normalized spacial score (nSPS) is 11.9. The molecule has 1 N–H and O–H groups in total. The Morgan fingerprint density at radius 2 is 1.87 bits per heavy atom. The molecule has 0 saturated heterocycles. The number of benzene rings is 2. The van der Waals surface area contributed by atoms with Gasteiger partial charge in [0.1, 0.15) is 5.69 Å². The van der Waals surface area contributed by atoms with Crippen LogP contribution >= 0.6 is 0 Å². The molecule has 0 atom stereocenters. The Kier molecular flexibility index (Phi) is 5.22. The monoisotopic (exact) mass is 428 g/mol. The number of rotatable bonds is 5. The standard InChI is InChI=1S/C21H19F3N6O/c1-13(2)30-19-5-3-4-17(18(19)11-26-30)20(31)25-10-15-12-29(28-27-15)16-8-6-14(7-9-16)21(22,23)24/h3-9,11-13H,10H2,1-2H3,(H,25,31). The minimum atomic E-state index is -4.40. The molecule has 4 rings (SSSR count). The van der Waals surface area contributed by atoms with E-state index in [1.807, 2.05) is 24.6 Å². The summed E-state index contributed by atoms with van der Waals surface area (Å²) < 4.78 is 41.3. The van der Waals surface area contributed by atoms with Gasteiger partial charge in [-0.25, -0.2) is 4.68 Å². The van der Waals surface area contributed by atoms with Crippen LogP contribution in [0.5, 0.6) is 0 Å². The van der Waals surface area contributed by atoms with Gasteiger partial charge in [0, 0.05) is 11.4 Å². The molecule has 0 aliphatic heterocycles. The minimum absolute atomic E-state index is 0.119. The quantitative estimate of drug-likeness (QED) is 0.518. The average Bonchev–Trinajstić information content (AvgIpc) is 3.38. The predicted molar refractivity (Wildman–Crippen MR) is 108 cm³/mol. The third-order valence-corrected chi connectivity index (χ3v) is 4.81. The van der Waals surface area contributed by atoms with Crippen LogP contribution in [0.25, 0.3) is 16.6 Å². The predicted octanol–water partition coefficient (Wildman–Crippen LogP) is 4.15. The van der Waals surface area contributed by atoms with E-state index in [2.05, 4.69) is 20.7 Å². The average molecular weight is 428 g/mol. The maximum atomic E-state index is 12.7. The topological polar surface area (TPSA) is 77.6 Å². The van der Waals surface area contributed by atoms with Crippen molar-refractivity contribution in [1.82, 2.24) is 30.1 Å². The number of fused-ring (bicyclic) bond motifs is 1. The van der Waals surface area contributed by atoms with E-state index in [1.54, 1.807) is 24.5 Å². The Balaban J connectivity index is 1.47. The largest absolute Gasteiger partial charge is 0.416 e. The number of carbonyl (C=O) groups is 1. The number of carbonyl (C=O) groups excluding carboxylic acids is 1. The maximum Gasteiger partial charge on any atom is 0.416 e. The highest BCUT2D eigenvalue weighted by molar-refractivity contribution is 6.06. The zero-order valence-corrected chi connectivity index (χ0v) is 16.8. The SMILES string of the molecule is CC(C)n1ncc2c(C(=O)NCc3cn(-c4ccc(C(F)(F)F)cc4)nn3)cccc21. The van der Waals surface area contributed by atoms with Crippen LogP contribution < -0.4 is 5.32 Å². The van der Waals surface area contributed by atoms with E-state index in [-0.39, 0.29) is 18.5 Å². The molecule has 0 bridgehead atoms. The molecule has 2 heterocycles. The summed E-state index contributed by atoms with van der Waals surface area (Å²) in [5, 5.41) is 15.8. The summed E-state index contributed by atoms with van der Waals surface area (Å²) >= 11 is 0. The fourth-order valence-corrected chi connectivity index (χ4v) is 3.25. The van der Waals surface area contributed by atoms with Crippen LogP contribution in [0.4, 0.5) is 13.2 Å². The molecule has 0 spiro atoms. The summed E-state index contributed by atoms with van der Waals surface area (Å²) in [7, 11) is 0. The second-order valence-corrected chi connectivity index (χ2v) is 7.30. The van der Waals surface area contributed by atoms with Gasteiger partial charge in [-0.05, 0) is 50.2 Å². The van der Waals surface area contributed by atoms with Gasteiger partial charge in [0.15, 0.2) is 0 Å². The number of aromatic nitrogens is 5. The fraction of sp³-hybridized carbons (Fsp3) is 0.238. The maximum absolute atomic E-state index is 12.7. The molecule has 0 unspecified atom stereocenters. The van der Waals surface area contributed by atoms with E-state index in [0.29, 0.717) is 16.9 Å². The van der Waals surface area contributed by atoms with Crippen molar-refractivity contribution in [3.8, 4) is 5.69 Å². The second kappa shape index (κ2) is 7.86. The number of amides is 1. The van der Waals surface area contributed by atoms with Crippen LogP contribution in [0.2, 0.25) is 0 Å². The highest BCUT2D eigenvalue weighted by atomic mass is 19.4. The first kappa shape index (κ1) is 20.6. The van der Waals surface area contributed by atoms with Crippen molar-refractivity contribution in [2.75, 3.05) is 0 Å². The van der Waals surface area contributed by atoms with Crippen LogP contribution in [0.1, 0.15) is 41.5 Å². The Morgan fingerprint density at radius 1 is 1.13 bits per heavy atom. The van der Waals surface area contributed by atoms with Crippen molar-refractivity contribution < 1.29 is 18.0 Å². The summed E-state index contributed by atoms with van der Waals surface area (Å²) in [4.78, 5) is 12.7. The Labute approximate surface area is 175 Å². The van der Waals surface area contributed by atoms with Crippen molar-refractivity contribution >= 4 is 16.8 Å². The van der Waals surface area contributed by atoms with Gasteiger partial charge < -0.3 is 5.32 Å². The Hall–Kier alpha value is -3.69. The van der Waals surface area contributed by atoms with Crippen LogP contribution in [0, 0.1) is 0 Å². The molecule has 160 valence electrons. The van der Waals surface area contributed by atoms with Gasteiger partial charge >= 0.3 is 6.18 Å². The lowest BCUT2D eigenvalue weighted by Crippen LogP contribution is -2.23. The minimum Gasteiger partial charge on any atom is -0.346 e. The van der Waals surface area contributed by atoms with Gasteiger partial charge in [-0.3, -0.25) is 9.48 Å². The van der Waals surface area contributed by atoms with Crippen LogP contribution in [0.3, 0.4) is 0 Å². The lowest BCUT2D eigenvalue weighted by atomic mass is 10.1. The van der Waals surface area contributed by atoms with Gasteiger partial charge in [0.2, 0.25) is 0 Å². The molecular formula is C21H19F3N6O. The van der Waals surface area contributed by atoms with Crippen molar-refractivity contribution in [2.24, 2.45) is 0 Å². The number of hydrogen-bond acceptors (Lipinski definition) is 4. The Bertz CT molecular complexity index is 1220. The smallest absolute Gasteiger partial charge is 0.346 e. The van der Waals surface area contributed by atoms with Crippen molar-refractivity contribution in [3.05, 3.63) is 71.7 Å². The number of hydrogen-bond donors (Lipinski definition) is 1. The number of halogens is 3. The lowest BCUT2D eigenvalue weighted by molar-refractivity contribution is -0.137. The zero-order valence-electron chi connectivity index (χ0n) is 16.8. The first-order valence-electron chi connectivity index (χ1n) is 9.57. The van der Waals surface area contributed by atoms with E-state index >= 15 is 0 Å². The molecule has 0 saturated carbocycles. The van der Waals surface area contributed by atoms with Crippen molar-refractivity contribution in [2.45, 2.75) is 32.6 Å². The molecule has 1 amide bonds. The van der Waals surface area contributed by atoms with Gasteiger partial charge in [-0.2, -0.15) is 18.3 Å². The summed E-state index contributed by atoms with van der Waals surface area (Å²) in [5.74, 6) is -0.280. The number of nitrogens with zero attached hydrogens (tertiary/aromatic N) is 5. The van der Waals surface area contributed by atoms with Gasteiger partial charge in [-0.1, -0.05) is 11.3 Å². The third-order valence-electron chi connectivity index (χ3n) is 4.81. The molecule has 2 aromatic carbocycles. The highest BCUT2D eigenvalue weighted by Gasteiger charge is 2.30. The van der Waals surface area contributed by atoms with Crippen molar-refractivity contribution in [3.63, 3.8) is 0 Å². The van der Waals surface area contributed by atoms with Crippen LogP contribution in [-0.4, -0.2) is 30.7 Å². The summed E-state index contributed by atoms with van der Waals surface area (Å²) in [6.45, 7) is 4.15. The molecular weight excluding hydrogens is 409 g/mol. The molecule has 0 fully saturated rings. The molecule has 0 aliphatic rings. The molecule has 7 nitrogen and oxygen atoms in total. The molecule has 10 heteroatoms. The summed E-state index contributed by atoms with van der Waals surface area (Å²) in [6.07, 6.45) is -1.17.